The Balaban J connectivity index is 1.67. The molecular formula is C19H15F4N3O3. The van der Waals surface area contributed by atoms with Gasteiger partial charge in [-0.2, -0.15) is 4.39 Å². The van der Waals surface area contributed by atoms with Crippen LogP contribution in [0.2, 0.25) is 0 Å². The van der Waals surface area contributed by atoms with Gasteiger partial charge in [-0.3, -0.25) is 4.90 Å². The second-order valence-electron chi connectivity index (χ2n) is 6.71. The Morgan fingerprint density at radius 3 is 2.83 bits per heavy atom. The number of rotatable bonds is 5. The first-order chi connectivity index (χ1) is 13.7. The van der Waals surface area contributed by atoms with Crippen LogP contribution in [0.4, 0.5) is 28.0 Å². The number of hydrogen-bond donors (Lipinski definition) is 1. The fourth-order valence-electron chi connectivity index (χ4n) is 3.13. The average molecular weight is 409 g/mol. The largest absolute Gasteiger partial charge is 0.484 e. The van der Waals surface area contributed by atoms with Crippen molar-refractivity contribution in [3.63, 3.8) is 0 Å². The quantitative estimate of drug-likeness (QED) is 0.627. The SMILES string of the molecule is CC(F)(F)COc1ccc([C@H]2COC(=O)N2c2ccc3[nH]cnc3c2)c(F)c1F. The van der Waals surface area contributed by atoms with Crippen molar-refractivity contribution in [3.05, 3.63) is 53.9 Å². The Morgan fingerprint density at radius 1 is 1.28 bits per heavy atom. The molecule has 0 radical (unpaired) electrons. The number of hydrogen-bond acceptors (Lipinski definition) is 4. The number of nitrogens with one attached hydrogen (secondary N) is 1. The van der Waals surface area contributed by atoms with Gasteiger partial charge in [0.1, 0.15) is 12.6 Å². The van der Waals surface area contributed by atoms with E-state index in [-0.39, 0.29) is 12.2 Å². The van der Waals surface area contributed by atoms with Gasteiger partial charge < -0.3 is 14.5 Å². The normalized spacial score (nSPS) is 17.1. The van der Waals surface area contributed by atoms with Gasteiger partial charge in [-0.25, -0.2) is 22.9 Å². The van der Waals surface area contributed by atoms with E-state index in [4.69, 9.17) is 4.74 Å². The fourth-order valence-corrected chi connectivity index (χ4v) is 3.13. The number of ether oxygens (including phenoxy) is 2. The summed E-state index contributed by atoms with van der Waals surface area (Å²) in [5, 5.41) is 0. The first kappa shape index (κ1) is 19.0. The van der Waals surface area contributed by atoms with E-state index in [9.17, 15) is 22.4 Å². The molecule has 6 nitrogen and oxygen atoms in total. The van der Waals surface area contributed by atoms with E-state index < -0.39 is 42.0 Å². The standard InChI is InChI=1S/C19H15F4N3O3/c1-19(22,23)8-29-15-5-3-11(16(20)17(15)21)14-7-28-18(27)26(14)10-2-4-12-13(6-10)25-9-24-12/h2-6,9,14H,7-8H2,1H3,(H,24,25)/t14-/m1/s1. The lowest BCUT2D eigenvalue weighted by molar-refractivity contribution is -0.0241. The van der Waals surface area contributed by atoms with Crippen LogP contribution in [0.25, 0.3) is 11.0 Å². The minimum absolute atomic E-state index is 0.161. The number of imidazole rings is 1. The molecule has 0 spiro atoms. The molecule has 1 saturated heterocycles. The number of carbonyl (C=O) groups excluding carboxylic acids is 1. The summed E-state index contributed by atoms with van der Waals surface area (Å²) in [6.45, 7) is -0.699. The number of fused-ring (bicyclic) bond motifs is 1. The zero-order chi connectivity index (χ0) is 20.8. The maximum atomic E-state index is 14.7. The second kappa shape index (κ2) is 6.94. The molecule has 1 aliphatic heterocycles. The maximum absolute atomic E-state index is 14.7. The van der Waals surface area contributed by atoms with Crippen LogP contribution in [0.3, 0.4) is 0 Å². The summed E-state index contributed by atoms with van der Waals surface area (Å²) in [5.41, 5.74) is 1.55. The van der Waals surface area contributed by atoms with Crippen molar-refractivity contribution in [2.24, 2.45) is 0 Å². The van der Waals surface area contributed by atoms with Gasteiger partial charge >= 0.3 is 6.09 Å². The van der Waals surface area contributed by atoms with E-state index in [2.05, 4.69) is 14.7 Å². The van der Waals surface area contributed by atoms with Crippen molar-refractivity contribution in [3.8, 4) is 5.75 Å². The highest BCUT2D eigenvalue weighted by atomic mass is 19.3. The van der Waals surface area contributed by atoms with Gasteiger partial charge in [0.15, 0.2) is 18.2 Å². The molecule has 1 atom stereocenters. The first-order valence-electron chi connectivity index (χ1n) is 8.62. The number of benzene rings is 2. The Kier molecular flexibility index (Phi) is 4.56. The molecule has 0 bridgehead atoms. The number of cyclic esters (lactones) is 1. The van der Waals surface area contributed by atoms with Gasteiger partial charge in [0.2, 0.25) is 5.82 Å². The van der Waals surface area contributed by atoms with Crippen molar-refractivity contribution >= 4 is 22.8 Å². The zero-order valence-corrected chi connectivity index (χ0v) is 15.1. The Labute approximate surface area is 162 Å². The van der Waals surface area contributed by atoms with Crippen LogP contribution >= 0.6 is 0 Å². The number of carbonyl (C=O) groups is 1. The highest BCUT2D eigenvalue weighted by Crippen LogP contribution is 2.37. The number of alkyl halides is 2. The molecule has 2 heterocycles. The van der Waals surface area contributed by atoms with Crippen LogP contribution in [0.1, 0.15) is 18.5 Å². The van der Waals surface area contributed by atoms with Crippen LogP contribution in [-0.2, 0) is 4.74 Å². The first-order valence-corrected chi connectivity index (χ1v) is 8.62. The molecule has 1 N–H and O–H groups in total. The number of nitrogens with zero attached hydrogens (tertiary/aromatic N) is 2. The summed E-state index contributed by atoms with van der Waals surface area (Å²) in [5.74, 6) is -6.54. The molecule has 4 rings (SSSR count). The third-order valence-electron chi connectivity index (χ3n) is 4.47. The van der Waals surface area contributed by atoms with Crippen molar-refractivity contribution in [2.45, 2.75) is 18.9 Å². The lowest BCUT2D eigenvalue weighted by Gasteiger charge is -2.23. The van der Waals surface area contributed by atoms with Gasteiger partial charge in [0.05, 0.1) is 23.0 Å². The van der Waals surface area contributed by atoms with Crippen molar-refractivity contribution in [1.82, 2.24) is 9.97 Å². The molecule has 0 aliphatic carbocycles. The lowest BCUT2D eigenvalue weighted by atomic mass is 10.0. The Morgan fingerprint density at radius 2 is 2.07 bits per heavy atom. The lowest BCUT2D eigenvalue weighted by Crippen LogP contribution is -2.28. The van der Waals surface area contributed by atoms with E-state index in [0.717, 1.165) is 11.6 Å². The van der Waals surface area contributed by atoms with Crippen molar-refractivity contribution < 1.29 is 31.8 Å². The predicted molar refractivity (Wildman–Crippen MR) is 95.1 cm³/mol. The van der Waals surface area contributed by atoms with Gasteiger partial charge in [-0.1, -0.05) is 0 Å². The predicted octanol–water partition coefficient (Wildman–Crippen LogP) is 4.57. The van der Waals surface area contributed by atoms with Crippen molar-refractivity contribution in [2.75, 3.05) is 18.1 Å². The molecule has 152 valence electrons. The number of halogens is 4. The highest BCUT2D eigenvalue weighted by Gasteiger charge is 2.38. The van der Waals surface area contributed by atoms with Crippen LogP contribution in [0.15, 0.2) is 36.7 Å². The Bertz CT molecular complexity index is 1080. The summed E-state index contributed by atoms with van der Waals surface area (Å²) >= 11 is 0. The minimum atomic E-state index is -3.20. The highest BCUT2D eigenvalue weighted by molar-refractivity contribution is 5.93. The fraction of sp³-hybridized carbons (Fsp3) is 0.263. The molecule has 1 aromatic heterocycles. The maximum Gasteiger partial charge on any atom is 0.415 e. The van der Waals surface area contributed by atoms with Crippen molar-refractivity contribution in [1.29, 1.82) is 0 Å². The average Bonchev–Trinajstić information content (AvgIpc) is 3.28. The number of aromatic nitrogens is 2. The number of H-pyrrole nitrogens is 1. The monoisotopic (exact) mass is 409 g/mol. The van der Waals surface area contributed by atoms with E-state index in [1.165, 1.54) is 17.3 Å². The van der Waals surface area contributed by atoms with Crippen LogP contribution in [0.5, 0.6) is 5.75 Å². The number of anilines is 1. The van der Waals surface area contributed by atoms with Crippen LogP contribution < -0.4 is 9.64 Å². The van der Waals surface area contributed by atoms with Crippen LogP contribution in [-0.4, -0.2) is 35.2 Å². The van der Waals surface area contributed by atoms with E-state index in [0.29, 0.717) is 18.1 Å². The zero-order valence-electron chi connectivity index (χ0n) is 15.1. The third kappa shape index (κ3) is 3.57. The summed E-state index contributed by atoms with van der Waals surface area (Å²) in [6.07, 6.45) is 0.762. The molecule has 3 aromatic rings. The Hall–Kier alpha value is -3.30. The third-order valence-corrected chi connectivity index (χ3v) is 4.47. The molecule has 29 heavy (non-hydrogen) atoms. The molecule has 0 unspecified atom stereocenters. The summed E-state index contributed by atoms with van der Waals surface area (Å²) in [4.78, 5) is 20.5. The molecule has 0 saturated carbocycles. The van der Waals surface area contributed by atoms with E-state index >= 15 is 0 Å². The number of aromatic amines is 1. The smallest absolute Gasteiger partial charge is 0.415 e. The molecule has 1 aliphatic rings. The molecular weight excluding hydrogens is 394 g/mol. The summed E-state index contributed by atoms with van der Waals surface area (Å²) in [7, 11) is 0. The van der Waals surface area contributed by atoms with Crippen LogP contribution in [0, 0.1) is 11.6 Å². The summed E-state index contributed by atoms with van der Waals surface area (Å²) in [6, 6.07) is 6.22. The minimum Gasteiger partial charge on any atom is -0.484 e. The van der Waals surface area contributed by atoms with E-state index in [1.54, 1.807) is 18.2 Å². The second-order valence-corrected chi connectivity index (χ2v) is 6.71. The van der Waals surface area contributed by atoms with Gasteiger partial charge in [0.25, 0.3) is 5.92 Å². The molecule has 1 amide bonds. The molecule has 1 fully saturated rings. The summed E-state index contributed by atoms with van der Waals surface area (Å²) < 4.78 is 64.7. The van der Waals surface area contributed by atoms with Gasteiger partial charge in [0, 0.05) is 12.5 Å². The topological polar surface area (TPSA) is 67.5 Å². The van der Waals surface area contributed by atoms with Gasteiger partial charge in [-0.05, 0) is 30.3 Å². The van der Waals surface area contributed by atoms with Gasteiger partial charge in [-0.15, -0.1) is 0 Å². The number of amides is 1. The van der Waals surface area contributed by atoms with E-state index in [1.807, 2.05) is 0 Å². The molecule has 2 aromatic carbocycles. The molecule has 10 heteroatoms.